The van der Waals surface area contributed by atoms with E-state index in [9.17, 15) is 4.57 Å². The lowest BCUT2D eigenvalue weighted by Crippen LogP contribution is -1.84. The second kappa shape index (κ2) is 5.93. The van der Waals surface area contributed by atoms with Gasteiger partial charge in [-0.25, -0.2) is 0 Å². The lowest BCUT2D eigenvalue weighted by atomic mass is 10.4. The van der Waals surface area contributed by atoms with Gasteiger partial charge >= 0.3 is 0 Å². The Hall–Kier alpha value is 0.350. The number of halogens is 2. The third-order valence-electron chi connectivity index (χ3n) is 0.946. The molecule has 0 rings (SSSR count). The third-order valence-corrected chi connectivity index (χ3v) is 2.09. The summed E-state index contributed by atoms with van der Waals surface area (Å²) in [5.74, 6) is -1.90. The number of hydrogen-bond acceptors (Lipinski definition) is 2. The highest BCUT2D eigenvalue weighted by atomic mass is 35.9. The molecule has 0 saturated carbocycles. The fourth-order valence-corrected chi connectivity index (χ4v) is 0.913. The number of rotatable bonds is 5. The Morgan fingerprint density at radius 3 is 2.64 bits per heavy atom. The van der Waals surface area contributed by atoms with E-state index in [4.69, 9.17) is 27.2 Å². The van der Waals surface area contributed by atoms with Gasteiger partial charge in [0.05, 0.1) is 12.9 Å². The van der Waals surface area contributed by atoms with Crippen LogP contribution in [0.1, 0.15) is 19.8 Å². The van der Waals surface area contributed by atoms with E-state index >= 15 is 0 Å². The standard InChI is InChI=1S/C6H11Cl2O2P/c1-2-3-4-10-5-6-11(7,8)9/h5-6H,2-4H2,1H3. The molecule has 0 heterocycles. The third kappa shape index (κ3) is 10.4. The molecule has 0 amide bonds. The molecule has 0 aliphatic carbocycles. The lowest BCUT2D eigenvalue weighted by Gasteiger charge is -1.97. The first-order valence-corrected chi connectivity index (χ1v) is 6.93. The Kier molecular flexibility index (Phi) is 6.12. The molecular formula is C6H11Cl2O2P. The minimum atomic E-state index is -3.08. The molecule has 66 valence electrons. The Bertz CT molecular complexity index is 164. The van der Waals surface area contributed by atoms with Crippen molar-refractivity contribution in [2.45, 2.75) is 19.8 Å². The molecule has 0 bridgehead atoms. The van der Waals surface area contributed by atoms with Crippen molar-refractivity contribution in [2.24, 2.45) is 0 Å². The lowest BCUT2D eigenvalue weighted by molar-refractivity contribution is 0.244. The molecule has 0 aliphatic rings. The maximum absolute atomic E-state index is 10.6. The van der Waals surface area contributed by atoms with Gasteiger partial charge in [0.2, 0.25) is 0 Å². The molecule has 11 heavy (non-hydrogen) atoms. The van der Waals surface area contributed by atoms with Crippen molar-refractivity contribution in [2.75, 3.05) is 6.61 Å². The van der Waals surface area contributed by atoms with E-state index in [1.165, 1.54) is 12.1 Å². The summed E-state index contributed by atoms with van der Waals surface area (Å²) in [6.07, 6.45) is 3.32. The molecule has 5 heteroatoms. The summed E-state index contributed by atoms with van der Waals surface area (Å²) < 4.78 is 15.5. The van der Waals surface area contributed by atoms with E-state index < -0.39 is 5.85 Å². The minimum absolute atomic E-state index is 0.612. The summed E-state index contributed by atoms with van der Waals surface area (Å²) >= 11 is 10.4. The second-order valence-corrected chi connectivity index (χ2v) is 6.85. The Morgan fingerprint density at radius 2 is 2.18 bits per heavy atom. The van der Waals surface area contributed by atoms with Gasteiger partial charge in [-0.1, -0.05) is 13.3 Å². The molecular weight excluding hydrogens is 206 g/mol. The van der Waals surface area contributed by atoms with E-state index in [-0.39, 0.29) is 0 Å². The average Bonchev–Trinajstić information content (AvgIpc) is 1.85. The molecule has 0 aliphatic heterocycles. The zero-order chi connectivity index (χ0) is 8.74. The molecule has 2 nitrogen and oxygen atoms in total. The Morgan fingerprint density at radius 1 is 1.55 bits per heavy atom. The van der Waals surface area contributed by atoms with E-state index in [0.717, 1.165) is 12.8 Å². The molecule has 0 unspecified atom stereocenters. The quantitative estimate of drug-likeness (QED) is 0.396. The van der Waals surface area contributed by atoms with E-state index in [1.807, 2.05) is 0 Å². The van der Waals surface area contributed by atoms with Crippen LogP contribution in [0.5, 0.6) is 0 Å². The van der Waals surface area contributed by atoms with E-state index in [1.54, 1.807) is 0 Å². The van der Waals surface area contributed by atoms with Crippen LogP contribution in [0.15, 0.2) is 12.1 Å². The molecule has 0 aromatic heterocycles. The van der Waals surface area contributed by atoms with Gasteiger partial charge in [-0.3, -0.25) is 4.57 Å². The highest BCUT2D eigenvalue weighted by Gasteiger charge is 2.06. The summed E-state index contributed by atoms with van der Waals surface area (Å²) in [4.78, 5) is 0. The predicted octanol–water partition coefficient (Wildman–Crippen LogP) is 3.95. The molecule has 0 radical (unpaired) electrons. The van der Waals surface area contributed by atoms with Gasteiger partial charge in [-0.05, 0) is 28.9 Å². The van der Waals surface area contributed by atoms with Gasteiger partial charge in [-0.2, -0.15) is 0 Å². The second-order valence-electron chi connectivity index (χ2n) is 2.01. The maximum Gasteiger partial charge on any atom is 0.277 e. The minimum Gasteiger partial charge on any atom is -0.501 e. The van der Waals surface area contributed by atoms with Crippen molar-refractivity contribution in [1.29, 1.82) is 0 Å². The van der Waals surface area contributed by atoms with Gasteiger partial charge in [0.1, 0.15) is 0 Å². The van der Waals surface area contributed by atoms with Gasteiger partial charge < -0.3 is 4.74 Å². The van der Waals surface area contributed by atoms with Crippen molar-refractivity contribution >= 4 is 28.3 Å². The summed E-state index contributed by atoms with van der Waals surface area (Å²) in [5, 5.41) is 0. The van der Waals surface area contributed by atoms with E-state index in [2.05, 4.69) is 6.92 Å². The molecule has 0 N–H and O–H groups in total. The van der Waals surface area contributed by atoms with Crippen molar-refractivity contribution < 1.29 is 9.30 Å². The van der Waals surface area contributed by atoms with Crippen LogP contribution in [0.4, 0.5) is 0 Å². The summed E-state index contributed by atoms with van der Waals surface area (Å²) in [6.45, 7) is 2.67. The normalized spacial score (nSPS) is 12.3. The van der Waals surface area contributed by atoms with Crippen molar-refractivity contribution in [3.05, 3.63) is 12.1 Å². The number of unbranched alkanes of at least 4 members (excludes halogenated alkanes) is 1. The molecule has 0 saturated heterocycles. The summed E-state index contributed by atoms with van der Waals surface area (Å²) in [6, 6.07) is 0. The molecule has 0 aromatic rings. The van der Waals surface area contributed by atoms with E-state index in [0.29, 0.717) is 6.61 Å². The maximum atomic E-state index is 10.6. The smallest absolute Gasteiger partial charge is 0.277 e. The van der Waals surface area contributed by atoms with Gasteiger partial charge in [0, 0.05) is 5.82 Å². The van der Waals surface area contributed by atoms with Crippen LogP contribution >= 0.6 is 28.3 Å². The first kappa shape index (κ1) is 11.4. The van der Waals surface area contributed by atoms with Crippen molar-refractivity contribution in [3.63, 3.8) is 0 Å². The van der Waals surface area contributed by atoms with Crippen molar-refractivity contribution in [3.8, 4) is 0 Å². The van der Waals surface area contributed by atoms with Gasteiger partial charge in [0.25, 0.3) is 5.85 Å². The number of ether oxygens (including phenoxy) is 1. The molecule has 0 fully saturated rings. The monoisotopic (exact) mass is 216 g/mol. The van der Waals surface area contributed by atoms with Gasteiger partial charge in [-0.15, -0.1) is 0 Å². The van der Waals surface area contributed by atoms with Crippen LogP contribution < -0.4 is 0 Å². The largest absolute Gasteiger partial charge is 0.501 e. The van der Waals surface area contributed by atoms with Crippen LogP contribution in [0.3, 0.4) is 0 Å². The predicted molar refractivity (Wildman–Crippen MR) is 49.3 cm³/mol. The highest BCUT2D eigenvalue weighted by Crippen LogP contribution is 2.57. The fraction of sp³-hybridized carbons (Fsp3) is 0.667. The Balaban J connectivity index is 3.38. The first-order chi connectivity index (χ1) is 5.06. The van der Waals surface area contributed by atoms with Crippen LogP contribution in [-0.2, 0) is 9.30 Å². The highest BCUT2D eigenvalue weighted by molar-refractivity contribution is 8.10. The summed E-state index contributed by atoms with van der Waals surface area (Å²) in [7, 11) is 0. The van der Waals surface area contributed by atoms with Crippen molar-refractivity contribution in [1.82, 2.24) is 0 Å². The Labute approximate surface area is 76.5 Å². The zero-order valence-corrected chi connectivity index (χ0v) is 8.70. The average molecular weight is 217 g/mol. The molecule has 0 spiro atoms. The van der Waals surface area contributed by atoms with Crippen LogP contribution in [0.25, 0.3) is 0 Å². The van der Waals surface area contributed by atoms with Crippen LogP contribution in [0, 0.1) is 0 Å². The van der Waals surface area contributed by atoms with Crippen LogP contribution in [-0.4, -0.2) is 6.61 Å². The zero-order valence-electron chi connectivity index (χ0n) is 6.30. The molecule has 0 aromatic carbocycles. The fourth-order valence-electron chi connectivity index (χ4n) is 0.410. The van der Waals surface area contributed by atoms with Gasteiger partial charge in [0.15, 0.2) is 0 Å². The summed E-state index contributed by atoms with van der Waals surface area (Å²) in [5.41, 5.74) is 0. The topological polar surface area (TPSA) is 26.3 Å². The van der Waals surface area contributed by atoms with Crippen LogP contribution in [0.2, 0.25) is 0 Å². The SMILES string of the molecule is CCCCOC=CP(=O)(Cl)Cl. The molecule has 0 atom stereocenters. The number of hydrogen-bond donors (Lipinski definition) is 0. The first-order valence-electron chi connectivity index (χ1n) is 3.34.